The topological polar surface area (TPSA) is 78.9 Å². The molecule has 0 aliphatic rings. The molecule has 1 unspecified atom stereocenters. The molecule has 0 bridgehead atoms. The molecule has 0 saturated heterocycles. The highest BCUT2D eigenvalue weighted by molar-refractivity contribution is 5.71. The van der Waals surface area contributed by atoms with Gasteiger partial charge in [-0.15, -0.1) is 0 Å². The van der Waals surface area contributed by atoms with E-state index >= 15 is 0 Å². The summed E-state index contributed by atoms with van der Waals surface area (Å²) in [6, 6.07) is 0. The second-order valence-electron chi connectivity index (χ2n) is 24.1. The number of esters is 3. The molecular formula is C77H136O6. The Bertz CT molecular complexity index is 1570. The molecule has 1 atom stereocenters. The molecule has 0 fully saturated rings. The van der Waals surface area contributed by atoms with E-state index < -0.39 is 6.10 Å². The van der Waals surface area contributed by atoms with Crippen molar-refractivity contribution in [3.63, 3.8) is 0 Å². The molecule has 6 heteroatoms. The molecule has 0 aliphatic heterocycles. The lowest BCUT2D eigenvalue weighted by atomic mass is 10.0. The zero-order valence-electron chi connectivity index (χ0n) is 55.2. The van der Waals surface area contributed by atoms with Gasteiger partial charge in [-0.2, -0.15) is 0 Å². The minimum Gasteiger partial charge on any atom is -0.462 e. The molecule has 0 aromatic carbocycles. The molecule has 0 saturated carbocycles. The van der Waals surface area contributed by atoms with Gasteiger partial charge in [0.2, 0.25) is 0 Å². The minimum atomic E-state index is -0.772. The maximum Gasteiger partial charge on any atom is 0.306 e. The van der Waals surface area contributed by atoms with Crippen molar-refractivity contribution in [3.8, 4) is 0 Å². The molecule has 83 heavy (non-hydrogen) atoms. The molecule has 0 aromatic rings. The van der Waals surface area contributed by atoms with Crippen LogP contribution in [0.25, 0.3) is 0 Å². The molecule has 480 valence electrons. The number of hydrogen-bond acceptors (Lipinski definition) is 6. The number of hydrogen-bond donors (Lipinski definition) is 0. The average Bonchev–Trinajstić information content (AvgIpc) is 3.49. The Morgan fingerprint density at radius 3 is 0.735 bits per heavy atom. The zero-order chi connectivity index (χ0) is 59.9. The number of ether oxygens (including phenoxy) is 3. The Labute approximate surface area is 515 Å². The molecule has 0 spiro atoms. The molecule has 0 rings (SSSR count). The zero-order valence-corrected chi connectivity index (χ0v) is 55.2. The van der Waals surface area contributed by atoms with Crippen LogP contribution in [-0.4, -0.2) is 37.2 Å². The van der Waals surface area contributed by atoms with Crippen LogP contribution in [0.1, 0.15) is 367 Å². The molecule has 0 N–H and O–H groups in total. The first kappa shape index (κ1) is 79.6. The van der Waals surface area contributed by atoms with Crippen LogP contribution in [-0.2, 0) is 28.6 Å². The van der Waals surface area contributed by atoms with Crippen molar-refractivity contribution < 1.29 is 28.6 Å². The largest absolute Gasteiger partial charge is 0.462 e. The third-order valence-electron chi connectivity index (χ3n) is 15.9. The second-order valence-corrected chi connectivity index (χ2v) is 24.1. The smallest absolute Gasteiger partial charge is 0.306 e. The predicted molar refractivity (Wildman–Crippen MR) is 362 cm³/mol. The average molecular weight is 1160 g/mol. The first-order chi connectivity index (χ1) is 41.0. The van der Waals surface area contributed by atoms with Gasteiger partial charge in [0.1, 0.15) is 13.2 Å². The van der Waals surface area contributed by atoms with Crippen LogP contribution in [0, 0.1) is 0 Å². The molecule has 0 heterocycles. The summed E-state index contributed by atoms with van der Waals surface area (Å²) in [6.45, 7) is 6.58. The summed E-state index contributed by atoms with van der Waals surface area (Å²) in [4.78, 5) is 38.4. The van der Waals surface area contributed by atoms with E-state index in [2.05, 4.69) is 106 Å². The second kappa shape index (κ2) is 71.1. The van der Waals surface area contributed by atoms with Crippen LogP contribution in [0.2, 0.25) is 0 Å². The SMILES string of the molecule is CC/C=C\C/C=C\C/C=C\C/C=C\C/C=C\C/C=C\C/C=C\CCCCCCCCCCCCCCCC(=O)OCC(COC(=O)CCCCCCCCCCCCCC)OC(=O)CCCCCCCCCCCCCCCCCCCC. The van der Waals surface area contributed by atoms with Crippen molar-refractivity contribution in [3.05, 3.63) is 85.1 Å². The van der Waals surface area contributed by atoms with Crippen LogP contribution in [0.4, 0.5) is 0 Å². The van der Waals surface area contributed by atoms with Gasteiger partial charge in [0.05, 0.1) is 0 Å². The van der Waals surface area contributed by atoms with E-state index in [1.54, 1.807) is 0 Å². The Morgan fingerprint density at radius 1 is 0.253 bits per heavy atom. The fourth-order valence-electron chi connectivity index (χ4n) is 10.5. The number of rotatable bonds is 66. The summed E-state index contributed by atoms with van der Waals surface area (Å²) in [5, 5.41) is 0. The van der Waals surface area contributed by atoms with Gasteiger partial charge >= 0.3 is 17.9 Å². The van der Waals surface area contributed by atoms with E-state index in [4.69, 9.17) is 14.2 Å². The highest BCUT2D eigenvalue weighted by Crippen LogP contribution is 2.18. The highest BCUT2D eigenvalue weighted by Gasteiger charge is 2.19. The Balaban J connectivity index is 4.15. The summed E-state index contributed by atoms with van der Waals surface area (Å²) in [6.07, 6.45) is 94.7. The standard InChI is InChI=1S/C77H136O6/c1-4-7-10-13-16-19-22-25-27-29-31-32-33-34-35-36-37-38-39-40-41-42-43-44-45-46-47-49-50-52-55-58-61-64-67-70-76(79)82-73-74(72-81-75(78)69-66-63-60-57-54-24-21-18-15-12-9-6-3)83-77(80)71-68-65-62-59-56-53-51-48-30-28-26-23-20-17-14-11-8-5-2/h7,10,16,19,25,27,31-32,34-35,37-38,40-41,74H,4-6,8-9,11-15,17-18,20-24,26,28-30,33,36,39,42-73H2,1-3H3/b10-7-,19-16-,27-25-,32-31-,35-34-,38-37-,41-40-. The Hall–Kier alpha value is -3.41. The van der Waals surface area contributed by atoms with Crippen molar-refractivity contribution in [2.24, 2.45) is 0 Å². The van der Waals surface area contributed by atoms with Gasteiger partial charge in [-0.05, 0) is 77.0 Å². The number of allylic oxidation sites excluding steroid dienone is 14. The molecule has 0 aliphatic carbocycles. The predicted octanol–water partition coefficient (Wildman–Crippen LogP) is 25.0. The first-order valence-corrected chi connectivity index (χ1v) is 36.1. The summed E-state index contributed by atoms with van der Waals surface area (Å²) in [5.74, 6) is -0.847. The van der Waals surface area contributed by atoms with Crippen molar-refractivity contribution in [1.82, 2.24) is 0 Å². The van der Waals surface area contributed by atoms with Gasteiger partial charge in [-0.1, -0.05) is 356 Å². The van der Waals surface area contributed by atoms with Gasteiger partial charge < -0.3 is 14.2 Å². The summed E-state index contributed by atoms with van der Waals surface area (Å²) >= 11 is 0. The quantitative estimate of drug-likeness (QED) is 0.0261. The molecule has 0 aromatic heterocycles. The van der Waals surface area contributed by atoms with E-state index in [1.165, 1.54) is 225 Å². The summed E-state index contributed by atoms with van der Waals surface area (Å²) < 4.78 is 17.0. The lowest BCUT2D eigenvalue weighted by Gasteiger charge is -2.18. The van der Waals surface area contributed by atoms with E-state index in [0.29, 0.717) is 19.3 Å². The van der Waals surface area contributed by atoms with E-state index in [1.807, 2.05) is 0 Å². The van der Waals surface area contributed by atoms with Crippen molar-refractivity contribution in [2.45, 2.75) is 374 Å². The van der Waals surface area contributed by atoms with Crippen LogP contribution in [0.15, 0.2) is 85.1 Å². The van der Waals surface area contributed by atoms with E-state index in [9.17, 15) is 14.4 Å². The van der Waals surface area contributed by atoms with E-state index in [0.717, 1.165) is 103 Å². The van der Waals surface area contributed by atoms with Gasteiger partial charge in [0.15, 0.2) is 6.10 Å². The monoisotopic (exact) mass is 1160 g/mol. The molecule has 6 nitrogen and oxygen atoms in total. The Morgan fingerprint density at radius 2 is 0.470 bits per heavy atom. The lowest BCUT2D eigenvalue weighted by Crippen LogP contribution is -2.30. The normalized spacial score (nSPS) is 12.6. The number of unbranched alkanes of at least 4 members (excludes halogenated alkanes) is 41. The molecular weight excluding hydrogens is 1020 g/mol. The Kier molecular flexibility index (Phi) is 68.2. The fourth-order valence-corrected chi connectivity index (χ4v) is 10.5. The lowest BCUT2D eigenvalue weighted by molar-refractivity contribution is -0.167. The highest BCUT2D eigenvalue weighted by atomic mass is 16.6. The van der Waals surface area contributed by atoms with Crippen molar-refractivity contribution in [1.29, 1.82) is 0 Å². The molecule has 0 amide bonds. The number of carbonyl (C=O) groups is 3. The maximum absolute atomic E-state index is 12.9. The maximum atomic E-state index is 12.9. The van der Waals surface area contributed by atoms with Crippen molar-refractivity contribution in [2.75, 3.05) is 13.2 Å². The van der Waals surface area contributed by atoms with Crippen LogP contribution in [0.3, 0.4) is 0 Å². The molecule has 0 radical (unpaired) electrons. The third kappa shape index (κ3) is 69.3. The van der Waals surface area contributed by atoms with E-state index in [-0.39, 0.29) is 31.1 Å². The third-order valence-corrected chi connectivity index (χ3v) is 15.9. The van der Waals surface area contributed by atoms with Crippen LogP contribution >= 0.6 is 0 Å². The summed E-state index contributed by atoms with van der Waals surface area (Å²) in [7, 11) is 0. The van der Waals surface area contributed by atoms with Gasteiger partial charge in [-0.3, -0.25) is 14.4 Å². The van der Waals surface area contributed by atoms with Gasteiger partial charge in [0, 0.05) is 19.3 Å². The summed E-state index contributed by atoms with van der Waals surface area (Å²) in [5.41, 5.74) is 0. The van der Waals surface area contributed by atoms with Crippen molar-refractivity contribution >= 4 is 17.9 Å². The number of carbonyl (C=O) groups excluding carboxylic acids is 3. The van der Waals surface area contributed by atoms with Crippen LogP contribution < -0.4 is 0 Å². The van der Waals surface area contributed by atoms with Gasteiger partial charge in [0.25, 0.3) is 0 Å². The fraction of sp³-hybridized carbons (Fsp3) is 0.779. The first-order valence-electron chi connectivity index (χ1n) is 36.1. The minimum absolute atomic E-state index is 0.0691. The van der Waals surface area contributed by atoms with Gasteiger partial charge in [-0.25, -0.2) is 0 Å². The van der Waals surface area contributed by atoms with Crippen LogP contribution in [0.5, 0.6) is 0 Å².